The van der Waals surface area contributed by atoms with Crippen LogP contribution in [-0.2, 0) is 19.7 Å². The monoisotopic (exact) mass is 397 g/mol. The van der Waals surface area contributed by atoms with Gasteiger partial charge in [-0.2, -0.15) is 0 Å². The topological polar surface area (TPSA) is 46.6 Å². The van der Waals surface area contributed by atoms with Crippen LogP contribution in [-0.4, -0.2) is 18.9 Å². The van der Waals surface area contributed by atoms with Crippen molar-refractivity contribution in [3.63, 3.8) is 0 Å². The number of nitrogens with zero attached hydrogens (tertiary/aromatic N) is 1. The summed E-state index contributed by atoms with van der Waals surface area (Å²) in [5.41, 5.74) is 1.18. The lowest BCUT2D eigenvalue weighted by Crippen LogP contribution is -2.39. The Hall–Kier alpha value is -2.59. The second-order valence-corrected chi connectivity index (χ2v) is 8.46. The van der Waals surface area contributed by atoms with Crippen LogP contribution >= 0.6 is 11.6 Å². The minimum atomic E-state index is -0.888. The van der Waals surface area contributed by atoms with Crippen molar-refractivity contribution in [3.05, 3.63) is 77.0 Å². The fourth-order valence-electron chi connectivity index (χ4n) is 3.48. The molecule has 4 nitrogen and oxygen atoms in total. The smallest absolute Gasteiger partial charge is 0.316 e. The van der Waals surface area contributed by atoms with E-state index in [1.54, 1.807) is 50.9 Å². The molecule has 0 aromatic heterocycles. The van der Waals surface area contributed by atoms with Crippen LogP contribution in [0.5, 0.6) is 0 Å². The van der Waals surface area contributed by atoms with Crippen LogP contribution in [0.3, 0.4) is 0 Å². The van der Waals surface area contributed by atoms with Gasteiger partial charge in [-0.15, -0.1) is 0 Å². The Morgan fingerprint density at radius 2 is 1.79 bits per heavy atom. The SMILES string of the molecule is CN1C(=O)C(C/C=C/OC(=O)C(C)(C)C)(c2ccc(Cl)cc2)c2ccccc21. The third-order valence-electron chi connectivity index (χ3n) is 5.04. The van der Waals surface area contributed by atoms with Gasteiger partial charge in [-0.05, 0) is 62.6 Å². The lowest BCUT2D eigenvalue weighted by molar-refractivity contribution is -0.146. The van der Waals surface area contributed by atoms with E-state index in [1.165, 1.54) is 6.26 Å². The molecule has 0 radical (unpaired) electrons. The van der Waals surface area contributed by atoms with Crippen LogP contribution in [0.25, 0.3) is 0 Å². The zero-order chi connectivity index (χ0) is 20.5. The predicted molar refractivity (Wildman–Crippen MR) is 111 cm³/mol. The largest absolute Gasteiger partial charge is 0.434 e. The van der Waals surface area contributed by atoms with Crippen molar-refractivity contribution in [1.82, 2.24) is 0 Å². The quantitative estimate of drug-likeness (QED) is 0.533. The number of amides is 1. The van der Waals surface area contributed by atoms with Crippen LogP contribution in [0, 0.1) is 5.41 Å². The highest BCUT2D eigenvalue weighted by Crippen LogP contribution is 2.48. The summed E-state index contributed by atoms with van der Waals surface area (Å²) in [5, 5.41) is 0.612. The highest BCUT2D eigenvalue weighted by Gasteiger charge is 2.50. The molecule has 3 rings (SSSR count). The Morgan fingerprint density at radius 1 is 1.14 bits per heavy atom. The Kier molecular flexibility index (Phi) is 5.35. The molecule has 0 bridgehead atoms. The molecule has 0 saturated carbocycles. The average molecular weight is 398 g/mol. The van der Waals surface area contributed by atoms with Crippen molar-refractivity contribution >= 4 is 29.2 Å². The van der Waals surface area contributed by atoms with Crippen LogP contribution in [0.4, 0.5) is 5.69 Å². The number of hydrogen-bond donors (Lipinski definition) is 0. The summed E-state index contributed by atoms with van der Waals surface area (Å²) < 4.78 is 5.25. The molecule has 1 atom stereocenters. The van der Waals surface area contributed by atoms with Crippen LogP contribution in [0.1, 0.15) is 38.3 Å². The number of allylic oxidation sites excluding steroid dienone is 1. The molecule has 0 fully saturated rings. The summed E-state index contributed by atoms with van der Waals surface area (Å²) in [6.07, 6.45) is 3.50. The van der Waals surface area contributed by atoms with Gasteiger partial charge < -0.3 is 9.64 Å². The summed E-state index contributed by atoms with van der Waals surface area (Å²) in [4.78, 5) is 27.1. The van der Waals surface area contributed by atoms with Gasteiger partial charge in [0.1, 0.15) is 5.41 Å². The number of halogens is 1. The number of likely N-dealkylation sites (N-methyl/N-ethyl adjacent to an activating group) is 1. The van der Waals surface area contributed by atoms with E-state index >= 15 is 0 Å². The van der Waals surface area contributed by atoms with Crippen molar-refractivity contribution in [2.24, 2.45) is 5.41 Å². The van der Waals surface area contributed by atoms with E-state index in [4.69, 9.17) is 16.3 Å². The first kappa shape index (κ1) is 20.2. The van der Waals surface area contributed by atoms with Gasteiger partial charge in [-0.3, -0.25) is 9.59 Å². The van der Waals surface area contributed by atoms with Gasteiger partial charge in [0.05, 0.1) is 11.7 Å². The van der Waals surface area contributed by atoms with Crippen molar-refractivity contribution in [3.8, 4) is 0 Å². The van der Waals surface area contributed by atoms with Gasteiger partial charge in [0.2, 0.25) is 5.91 Å². The van der Waals surface area contributed by atoms with E-state index in [1.807, 2.05) is 36.4 Å². The molecule has 28 heavy (non-hydrogen) atoms. The van der Waals surface area contributed by atoms with E-state index in [-0.39, 0.29) is 11.9 Å². The predicted octanol–water partition coefficient (Wildman–Crippen LogP) is 5.10. The molecule has 5 heteroatoms. The molecule has 2 aromatic rings. The fraction of sp³-hybridized carbons (Fsp3) is 0.304. The van der Waals surface area contributed by atoms with Gasteiger partial charge >= 0.3 is 5.97 Å². The van der Waals surface area contributed by atoms with Crippen molar-refractivity contribution < 1.29 is 14.3 Å². The summed E-state index contributed by atoms with van der Waals surface area (Å²) in [6, 6.07) is 15.1. The lowest BCUT2D eigenvalue weighted by Gasteiger charge is -2.28. The molecule has 0 aliphatic carbocycles. The van der Waals surface area contributed by atoms with Crippen LogP contribution in [0.15, 0.2) is 60.9 Å². The van der Waals surface area contributed by atoms with E-state index in [9.17, 15) is 9.59 Å². The maximum atomic E-state index is 13.4. The first-order chi connectivity index (χ1) is 13.2. The van der Waals surface area contributed by atoms with Crippen molar-refractivity contribution in [1.29, 1.82) is 0 Å². The average Bonchev–Trinajstić information content (AvgIpc) is 2.88. The maximum Gasteiger partial charge on any atom is 0.316 e. The number of carbonyl (C=O) groups excluding carboxylic acids is 2. The first-order valence-electron chi connectivity index (χ1n) is 9.18. The molecular weight excluding hydrogens is 374 g/mol. The highest BCUT2D eigenvalue weighted by atomic mass is 35.5. The summed E-state index contributed by atoms with van der Waals surface area (Å²) in [7, 11) is 1.78. The molecule has 2 aromatic carbocycles. The van der Waals surface area contributed by atoms with E-state index < -0.39 is 10.8 Å². The second-order valence-electron chi connectivity index (χ2n) is 8.02. The molecule has 146 valence electrons. The number of hydrogen-bond acceptors (Lipinski definition) is 3. The van der Waals surface area contributed by atoms with Crippen molar-refractivity contribution in [2.75, 3.05) is 11.9 Å². The zero-order valence-corrected chi connectivity index (χ0v) is 17.3. The molecule has 0 spiro atoms. The molecule has 1 amide bonds. The minimum Gasteiger partial charge on any atom is -0.434 e. The van der Waals surface area contributed by atoms with Gasteiger partial charge in [0.15, 0.2) is 0 Å². The van der Waals surface area contributed by atoms with Gasteiger partial charge in [-0.1, -0.05) is 41.9 Å². The molecule has 0 saturated heterocycles. The minimum absolute atomic E-state index is 0.0252. The Bertz CT molecular complexity index is 928. The maximum absolute atomic E-state index is 13.4. The van der Waals surface area contributed by atoms with Gasteiger partial charge in [0.25, 0.3) is 0 Å². The van der Waals surface area contributed by atoms with Crippen molar-refractivity contribution in [2.45, 2.75) is 32.6 Å². The summed E-state index contributed by atoms with van der Waals surface area (Å²) in [6.45, 7) is 5.39. The summed E-state index contributed by atoms with van der Waals surface area (Å²) >= 11 is 6.07. The van der Waals surface area contributed by atoms with Crippen LogP contribution in [0.2, 0.25) is 5.02 Å². The number of esters is 1. The molecular formula is C23H24ClNO3. The summed E-state index contributed by atoms with van der Waals surface area (Å²) in [5.74, 6) is -0.345. The number of benzene rings is 2. The number of ether oxygens (including phenoxy) is 1. The number of fused-ring (bicyclic) bond motifs is 1. The Morgan fingerprint density at radius 3 is 2.43 bits per heavy atom. The molecule has 1 unspecified atom stereocenters. The van der Waals surface area contributed by atoms with Crippen LogP contribution < -0.4 is 4.90 Å². The molecule has 1 heterocycles. The molecule has 1 aliphatic heterocycles. The molecule has 0 N–H and O–H groups in total. The Labute approximate surface area is 170 Å². The second kappa shape index (κ2) is 7.44. The fourth-order valence-corrected chi connectivity index (χ4v) is 3.60. The van der Waals surface area contributed by atoms with E-state index in [0.29, 0.717) is 11.4 Å². The standard InChI is InChI=1S/C23H24ClNO3/c1-22(2,3)21(27)28-15-7-14-23(16-10-12-17(24)13-11-16)18-8-5-6-9-19(18)25(4)20(23)26/h5-13,15H,14H2,1-4H3/b15-7+. The first-order valence-corrected chi connectivity index (χ1v) is 9.55. The number of para-hydroxylation sites is 1. The third kappa shape index (κ3) is 3.45. The van der Waals surface area contributed by atoms with Gasteiger partial charge in [-0.25, -0.2) is 0 Å². The highest BCUT2D eigenvalue weighted by molar-refractivity contribution is 6.30. The number of carbonyl (C=O) groups is 2. The molecule has 1 aliphatic rings. The third-order valence-corrected chi connectivity index (χ3v) is 5.29. The normalized spacial score (nSPS) is 19.2. The zero-order valence-electron chi connectivity index (χ0n) is 16.5. The van der Waals surface area contributed by atoms with Gasteiger partial charge in [0, 0.05) is 17.8 Å². The lowest BCUT2D eigenvalue weighted by atomic mass is 9.73. The number of rotatable bonds is 4. The van der Waals surface area contributed by atoms with E-state index in [2.05, 4.69) is 0 Å². The Balaban J connectivity index is 2.01. The van der Waals surface area contributed by atoms with E-state index in [0.717, 1.165) is 16.8 Å². The number of anilines is 1.